The van der Waals surface area contributed by atoms with E-state index in [0.29, 0.717) is 5.69 Å². The fourth-order valence-corrected chi connectivity index (χ4v) is 2.81. The number of carbonyl (C=O) groups excluding carboxylic acids is 1. The molecule has 0 aliphatic rings. The number of aromatic nitrogens is 2. The first kappa shape index (κ1) is 19.5. The zero-order valence-corrected chi connectivity index (χ0v) is 16.5. The highest BCUT2D eigenvalue weighted by atomic mass is 16.5. The van der Waals surface area contributed by atoms with E-state index in [0.717, 1.165) is 22.7 Å². The van der Waals surface area contributed by atoms with Crippen molar-refractivity contribution in [1.29, 1.82) is 0 Å². The third kappa shape index (κ3) is 4.71. The summed E-state index contributed by atoms with van der Waals surface area (Å²) >= 11 is 0. The molecule has 6 nitrogen and oxygen atoms in total. The van der Waals surface area contributed by atoms with Gasteiger partial charge in [-0.3, -0.25) is 4.79 Å². The highest BCUT2D eigenvalue weighted by Gasteiger charge is 2.15. The number of amides is 1. The van der Waals surface area contributed by atoms with E-state index in [1.807, 2.05) is 69.3 Å². The van der Waals surface area contributed by atoms with Gasteiger partial charge < -0.3 is 14.8 Å². The van der Waals surface area contributed by atoms with E-state index in [1.165, 1.54) is 0 Å². The van der Waals surface area contributed by atoms with Crippen LogP contribution in [0.15, 0.2) is 60.8 Å². The maximum atomic E-state index is 12.6. The predicted octanol–water partition coefficient (Wildman–Crippen LogP) is 4.16. The molecule has 1 unspecified atom stereocenters. The Morgan fingerprint density at radius 2 is 1.79 bits per heavy atom. The number of hydrogen-bond acceptors (Lipinski definition) is 4. The van der Waals surface area contributed by atoms with E-state index >= 15 is 0 Å². The summed E-state index contributed by atoms with van der Waals surface area (Å²) in [6.45, 7) is 5.90. The van der Waals surface area contributed by atoms with Crippen molar-refractivity contribution in [2.24, 2.45) is 0 Å². The largest absolute Gasteiger partial charge is 0.497 e. The van der Waals surface area contributed by atoms with Crippen LogP contribution in [0.5, 0.6) is 11.5 Å². The van der Waals surface area contributed by atoms with E-state index < -0.39 is 0 Å². The van der Waals surface area contributed by atoms with Crippen molar-refractivity contribution in [3.05, 3.63) is 72.1 Å². The molecule has 6 heteroatoms. The first-order chi connectivity index (χ1) is 13.5. The molecule has 1 amide bonds. The molecular formula is C22H25N3O3. The van der Waals surface area contributed by atoms with Crippen molar-refractivity contribution in [2.45, 2.75) is 32.9 Å². The van der Waals surface area contributed by atoms with Gasteiger partial charge in [0, 0.05) is 6.20 Å². The molecule has 0 spiro atoms. The summed E-state index contributed by atoms with van der Waals surface area (Å²) in [6, 6.07) is 16.7. The lowest BCUT2D eigenvalue weighted by molar-refractivity contribution is 0.0934. The molecule has 0 aliphatic carbocycles. The Balaban J connectivity index is 1.68. The molecule has 0 saturated heterocycles. The smallest absolute Gasteiger partial charge is 0.272 e. The summed E-state index contributed by atoms with van der Waals surface area (Å²) in [5, 5.41) is 7.36. The Morgan fingerprint density at radius 3 is 2.46 bits per heavy atom. The summed E-state index contributed by atoms with van der Waals surface area (Å²) < 4.78 is 12.5. The van der Waals surface area contributed by atoms with Crippen LogP contribution in [0.4, 0.5) is 0 Å². The second kappa shape index (κ2) is 8.61. The van der Waals surface area contributed by atoms with Crippen molar-refractivity contribution in [1.82, 2.24) is 15.1 Å². The van der Waals surface area contributed by atoms with Crippen LogP contribution in [0.1, 0.15) is 42.9 Å². The number of nitrogens with one attached hydrogen (secondary N) is 1. The van der Waals surface area contributed by atoms with Gasteiger partial charge in [-0.15, -0.1) is 0 Å². The SMILES string of the molecule is COc1ccc(-n2ccc(C(=O)NC(C)c3cccc(OC(C)C)c3)n2)cc1. The lowest BCUT2D eigenvalue weighted by Gasteiger charge is -2.16. The number of benzene rings is 2. The molecule has 3 rings (SSSR count). The van der Waals surface area contributed by atoms with Crippen molar-refractivity contribution >= 4 is 5.91 Å². The van der Waals surface area contributed by atoms with Crippen LogP contribution >= 0.6 is 0 Å². The van der Waals surface area contributed by atoms with E-state index in [-0.39, 0.29) is 18.1 Å². The Labute approximate surface area is 165 Å². The molecule has 1 N–H and O–H groups in total. The Kier molecular flexibility index (Phi) is 5.99. The van der Waals surface area contributed by atoms with Gasteiger partial charge in [0.05, 0.1) is 24.9 Å². The highest BCUT2D eigenvalue weighted by Crippen LogP contribution is 2.20. The average molecular weight is 379 g/mol. The van der Waals surface area contributed by atoms with Crippen LogP contribution in [0.25, 0.3) is 5.69 Å². The monoisotopic (exact) mass is 379 g/mol. The molecule has 0 aliphatic heterocycles. The minimum atomic E-state index is -0.227. The number of methoxy groups -OCH3 is 1. The standard InChI is InChI=1S/C22H25N3O3/c1-15(2)28-20-7-5-6-17(14-20)16(3)23-22(26)21-12-13-25(24-21)18-8-10-19(27-4)11-9-18/h5-16H,1-4H3,(H,23,26). The van der Waals surface area contributed by atoms with E-state index in [2.05, 4.69) is 10.4 Å². The molecule has 1 heterocycles. The van der Waals surface area contributed by atoms with Gasteiger partial charge in [0.1, 0.15) is 11.5 Å². The van der Waals surface area contributed by atoms with Crippen molar-refractivity contribution in [3.63, 3.8) is 0 Å². The molecule has 0 bridgehead atoms. The molecule has 0 saturated carbocycles. The maximum absolute atomic E-state index is 12.6. The molecule has 3 aromatic rings. The number of hydrogen-bond donors (Lipinski definition) is 1. The van der Waals surface area contributed by atoms with Gasteiger partial charge >= 0.3 is 0 Å². The zero-order valence-electron chi connectivity index (χ0n) is 16.5. The fraction of sp³-hybridized carbons (Fsp3) is 0.273. The zero-order chi connectivity index (χ0) is 20.1. The minimum absolute atomic E-state index is 0.0991. The van der Waals surface area contributed by atoms with Crippen LogP contribution < -0.4 is 14.8 Å². The lowest BCUT2D eigenvalue weighted by atomic mass is 10.1. The topological polar surface area (TPSA) is 65.4 Å². The van der Waals surface area contributed by atoms with Gasteiger partial charge in [-0.2, -0.15) is 5.10 Å². The van der Waals surface area contributed by atoms with Gasteiger partial charge in [0.2, 0.25) is 0 Å². The van der Waals surface area contributed by atoms with Crippen LogP contribution in [-0.2, 0) is 0 Å². The highest BCUT2D eigenvalue weighted by molar-refractivity contribution is 5.92. The summed E-state index contributed by atoms with van der Waals surface area (Å²) in [4.78, 5) is 12.6. The Morgan fingerprint density at radius 1 is 1.04 bits per heavy atom. The second-order valence-electron chi connectivity index (χ2n) is 6.78. The predicted molar refractivity (Wildman–Crippen MR) is 108 cm³/mol. The third-order valence-electron chi connectivity index (χ3n) is 4.24. The minimum Gasteiger partial charge on any atom is -0.497 e. The molecule has 1 aromatic heterocycles. The molecule has 0 fully saturated rings. The number of rotatable bonds is 7. The quantitative estimate of drug-likeness (QED) is 0.669. The molecule has 0 radical (unpaired) electrons. The van der Waals surface area contributed by atoms with Crippen molar-refractivity contribution in [3.8, 4) is 17.2 Å². The van der Waals surface area contributed by atoms with Crippen LogP contribution in [0.3, 0.4) is 0 Å². The molecule has 28 heavy (non-hydrogen) atoms. The van der Waals surface area contributed by atoms with Gasteiger partial charge in [-0.25, -0.2) is 4.68 Å². The van der Waals surface area contributed by atoms with Crippen molar-refractivity contribution in [2.75, 3.05) is 7.11 Å². The normalized spacial score (nSPS) is 11.9. The molecule has 1 atom stereocenters. The summed E-state index contributed by atoms with van der Waals surface area (Å²) in [5.74, 6) is 1.33. The lowest BCUT2D eigenvalue weighted by Crippen LogP contribution is -2.27. The van der Waals surface area contributed by atoms with Gasteiger partial charge in [0.25, 0.3) is 5.91 Å². The average Bonchev–Trinajstić information content (AvgIpc) is 3.18. The third-order valence-corrected chi connectivity index (χ3v) is 4.24. The van der Waals surface area contributed by atoms with Gasteiger partial charge in [-0.05, 0) is 68.8 Å². The van der Waals surface area contributed by atoms with Gasteiger partial charge in [-0.1, -0.05) is 12.1 Å². The maximum Gasteiger partial charge on any atom is 0.272 e. The summed E-state index contributed by atoms with van der Waals surface area (Å²) in [5.41, 5.74) is 2.18. The van der Waals surface area contributed by atoms with Gasteiger partial charge in [0.15, 0.2) is 5.69 Å². The Bertz CT molecular complexity index is 932. The van der Waals surface area contributed by atoms with Crippen molar-refractivity contribution < 1.29 is 14.3 Å². The number of ether oxygens (including phenoxy) is 2. The van der Waals surface area contributed by atoms with E-state index in [1.54, 1.807) is 24.1 Å². The van der Waals surface area contributed by atoms with Crippen LogP contribution in [0.2, 0.25) is 0 Å². The molecular weight excluding hydrogens is 354 g/mol. The summed E-state index contributed by atoms with van der Waals surface area (Å²) in [6.07, 6.45) is 1.86. The first-order valence-electron chi connectivity index (χ1n) is 9.24. The Hall–Kier alpha value is -3.28. The number of nitrogens with zero attached hydrogens (tertiary/aromatic N) is 2. The van der Waals surface area contributed by atoms with E-state index in [9.17, 15) is 4.79 Å². The van der Waals surface area contributed by atoms with Crippen LogP contribution in [0, 0.1) is 0 Å². The van der Waals surface area contributed by atoms with E-state index in [4.69, 9.17) is 9.47 Å². The first-order valence-corrected chi connectivity index (χ1v) is 9.24. The summed E-state index contributed by atoms with van der Waals surface area (Å²) in [7, 11) is 1.62. The molecule has 2 aromatic carbocycles. The van der Waals surface area contributed by atoms with Crippen LogP contribution in [-0.4, -0.2) is 28.9 Å². The molecule has 146 valence electrons. The fourth-order valence-electron chi connectivity index (χ4n) is 2.81. The second-order valence-corrected chi connectivity index (χ2v) is 6.78. The number of carbonyl (C=O) groups is 1.